The number of esters is 1. The molecule has 2 atom stereocenters. The highest BCUT2D eigenvalue weighted by atomic mass is 32.2. The number of aliphatic carboxylic acids is 1. The van der Waals surface area contributed by atoms with E-state index in [1.54, 1.807) is 0 Å². The van der Waals surface area contributed by atoms with Crippen LogP contribution in [0.5, 0.6) is 0 Å². The zero-order valence-electron chi connectivity index (χ0n) is 10.7. The Bertz CT molecular complexity index is 391. The van der Waals surface area contributed by atoms with Crippen molar-refractivity contribution in [1.82, 2.24) is 4.72 Å². The van der Waals surface area contributed by atoms with Crippen LogP contribution in [0.3, 0.4) is 0 Å². The zero-order valence-corrected chi connectivity index (χ0v) is 11.5. The Kier molecular flexibility index (Phi) is 6.85. The average molecular weight is 281 g/mol. The Labute approximate surface area is 107 Å². The van der Waals surface area contributed by atoms with Crippen molar-refractivity contribution in [3.8, 4) is 0 Å². The summed E-state index contributed by atoms with van der Waals surface area (Å²) in [6.07, 6.45) is 1.50. The molecule has 0 aromatic carbocycles. The molecule has 0 spiro atoms. The molecule has 0 aromatic heterocycles. The first-order valence-electron chi connectivity index (χ1n) is 5.58. The third kappa shape index (κ3) is 5.01. The van der Waals surface area contributed by atoms with E-state index in [1.807, 2.05) is 11.6 Å². The van der Waals surface area contributed by atoms with Gasteiger partial charge in [-0.25, -0.2) is 13.1 Å². The van der Waals surface area contributed by atoms with Crippen LogP contribution in [0.15, 0.2) is 0 Å². The van der Waals surface area contributed by atoms with Crippen LogP contribution in [0.25, 0.3) is 0 Å². The molecular weight excluding hydrogens is 262 g/mol. The monoisotopic (exact) mass is 281 g/mol. The van der Waals surface area contributed by atoms with Gasteiger partial charge in [0.2, 0.25) is 10.0 Å². The molecule has 0 heterocycles. The van der Waals surface area contributed by atoms with Gasteiger partial charge in [0.1, 0.15) is 6.04 Å². The molecule has 2 unspecified atom stereocenters. The van der Waals surface area contributed by atoms with E-state index >= 15 is 0 Å². The average Bonchev–Trinajstić information content (AvgIpc) is 2.31. The molecule has 0 aliphatic heterocycles. The molecule has 2 N–H and O–H groups in total. The molecule has 0 amide bonds. The SMILES string of the molecule is CCCCC(NS(=O)(=O)C(C)C(=O)OC)C(=O)O. The normalized spacial score (nSPS) is 14.8. The summed E-state index contributed by atoms with van der Waals surface area (Å²) in [6.45, 7) is 3.01. The van der Waals surface area contributed by atoms with Gasteiger partial charge in [-0.15, -0.1) is 0 Å². The lowest BCUT2D eigenvalue weighted by atomic mass is 10.1. The van der Waals surface area contributed by atoms with Crippen LogP contribution in [0.1, 0.15) is 33.1 Å². The number of ether oxygens (including phenoxy) is 1. The highest BCUT2D eigenvalue weighted by molar-refractivity contribution is 7.90. The fourth-order valence-electron chi connectivity index (χ4n) is 1.23. The first-order valence-corrected chi connectivity index (χ1v) is 7.12. The smallest absolute Gasteiger partial charge is 0.325 e. The molecule has 0 saturated carbocycles. The van der Waals surface area contributed by atoms with Crippen molar-refractivity contribution in [2.45, 2.75) is 44.4 Å². The number of rotatable bonds is 8. The Hall–Kier alpha value is -1.15. The van der Waals surface area contributed by atoms with E-state index in [-0.39, 0.29) is 6.42 Å². The molecule has 0 saturated heterocycles. The number of hydrogen-bond donors (Lipinski definition) is 2. The third-order valence-electron chi connectivity index (χ3n) is 2.45. The number of methoxy groups -OCH3 is 1. The number of carbonyl (C=O) groups excluding carboxylic acids is 1. The van der Waals surface area contributed by atoms with E-state index in [9.17, 15) is 18.0 Å². The number of unbranched alkanes of at least 4 members (excludes halogenated alkanes) is 1. The van der Waals surface area contributed by atoms with Crippen LogP contribution in [0.4, 0.5) is 0 Å². The van der Waals surface area contributed by atoms with Gasteiger partial charge in [0.25, 0.3) is 0 Å². The second-order valence-electron chi connectivity index (χ2n) is 3.86. The van der Waals surface area contributed by atoms with E-state index in [4.69, 9.17) is 5.11 Å². The highest BCUT2D eigenvalue weighted by Crippen LogP contribution is 2.07. The molecular formula is C10H19NO6S. The maximum Gasteiger partial charge on any atom is 0.325 e. The summed E-state index contributed by atoms with van der Waals surface area (Å²) in [5.41, 5.74) is 0. The summed E-state index contributed by atoms with van der Waals surface area (Å²) in [6, 6.07) is -1.22. The largest absolute Gasteiger partial charge is 0.480 e. The summed E-state index contributed by atoms with van der Waals surface area (Å²) in [4.78, 5) is 22.0. The lowest BCUT2D eigenvalue weighted by molar-refractivity contribution is -0.141. The number of sulfonamides is 1. The molecule has 0 bridgehead atoms. The second kappa shape index (κ2) is 7.32. The van der Waals surface area contributed by atoms with Gasteiger partial charge < -0.3 is 9.84 Å². The van der Waals surface area contributed by atoms with Crippen molar-refractivity contribution in [2.24, 2.45) is 0 Å². The number of nitrogens with one attached hydrogen (secondary N) is 1. The zero-order chi connectivity index (χ0) is 14.3. The van der Waals surface area contributed by atoms with E-state index in [1.165, 1.54) is 0 Å². The van der Waals surface area contributed by atoms with E-state index in [0.717, 1.165) is 20.5 Å². The molecule has 0 fully saturated rings. The summed E-state index contributed by atoms with van der Waals surface area (Å²) < 4.78 is 29.8. The predicted octanol–water partition coefficient (Wildman–Crippen LogP) is 0.111. The Morgan fingerprint density at radius 3 is 2.33 bits per heavy atom. The second-order valence-corrected chi connectivity index (χ2v) is 5.89. The topological polar surface area (TPSA) is 110 Å². The molecule has 0 radical (unpaired) electrons. The fourth-order valence-corrected chi connectivity index (χ4v) is 2.40. The molecule has 0 aromatic rings. The number of hydrogen-bond acceptors (Lipinski definition) is 5. The molecule has 0 aliphatic rings. The van der Waals surface area contributed by atoms with Gasteiger partial charge in [-0.1, -0.05) is 19.8 Å². The fraction of sp³-hybridized carbons (Fsp3) is 0.800. The van der Waals surface area contributed by atoms with Crippen LogP contribution in [-0.2, 0) is 24.3 Å². The van der Waals surface area contributed by atoms with Crippen LogP contribution < -0.4 is 4.72 Å². The first kappa shape index (κ1) is 16.9. The maximum absolute atomic E-state index is 11.7. The van der Waals surface area contributed by atoms with Gasteiger partial charge in [0, 0.05) is 0 Å². The van der Waals surface area contributed by atoms with Crippen molar-refractivity contribution in [3.05, 3.63) is 0 Å². The molecule has 18 heavy (non-hydrogen) atoms. The minimum Gasteiger partial charge on any atom is -0.480 e. The Morgan fingerprint density at radius 1 is 1.39 bits per heavy atom. The minimum atomic E-state index is -4.05. The summed E-state index contributed by atoms with van der Waals surface area (Å²) in [5.74, 6) is -2.19. The molecule has 0 rings (SSSR count). The van der Waals surface area contributed by atoms with E-state index < -0.39 is 33.3 Å². The molecule has 0 aliphatic carbocycles. The van der Waals surface area contributed by atoms with Gasteiger partial charge in [-0.2, -0.15) is 0 Å². The van der Waals surface area contributed by atoms with Crippen molar-refractivity contribution in [3.63, 3.8) is 0 Å². The summed E-state index contributed by atoms with van der Waals surface area (Å²) >= 11 is 0. The van der Waals surface area contributed by atoms with Gasteiger partial charge in [0.15, 0.2) is 5.25 Å². The van der Waals surface area contributed by atoms with Crippen LogP contribution in [0, 0.1) is 0 Å². The van der Waals surface area contributed by atoms with Crippen LogP contribution >= 0.6 is 0 Å². The molecule has 106 valence electrons. The van der Waals surface area contributed by atoms with Crippen molar-refractivity contribution in [2.75, 3.05) is 7.11 Å². The minimum absolute atomic E-state index is 0.180. The van der Waals surface area contributed by atoms with Crippen molar-refractivity contribution in [1.29, 1.82) is 0 Å². The first-order chi connectivity index (χ1) is 8.26. The van der Waals surface area contributed by atoms with Crippen LogP contribution in [0.2, 0.25) is 0 Å². The van der Waals surface area contributed by atoms with Gasteiger partial charge in [0.05, 0.1) is 7.11 Å². The Morgan fingerprint density at radius 2 is 1.94 bits per heavy atom. The molecule has 7 nitrogen and oxygen atoms in total. The van der Waals surface area contributed by atoms with Crippen LogP contribution in [-0.4, -0.2) is 43.9 Å². The van der Waals surface area contributed by atoms with Crippen molar-refractivity contribution >= 4 is 22.0 Å². The lowest BCUT2D eigenvalue weighted by Gasteiger charge is -2.17. The third-order valence-corrected chi connectivity index (χ3v) is 4.19. The molecule has 8 heteroatoms. The Balaban J connectivity index is 4.80. The quantitative estimate of drug-likeness (QED) is 0.611. The van der Waals surface area contributed by atoms with Gasteiger partial charge >= 0.3 is 11.9 Å². The maximum atomic E-state index is 11.7. The lowest BCUT2D eigenvalue weighted by Crippen LogP contribution is -2.46. The highest BCUT2D eigenvalue weighted by Gasteiger charge is 2.32. The number of carboxylic acid groups (broad SMARTS) is 1. The van der Waals surface area contributed by atoms with Gasteiger partial charge in [-0.05, 0) is 13.3 Å². The number of carboxylic acids is 1. The number of carbonyl (C=O) groups is 2. The van der Waals surface area contributed by atoms with E-state index in [0.29, 0.717) is 6.42 Å². The van der Waals surface area contributed by atoms with Crippen molar-refractivity contribution < 1.29 is 27.9 Å². The van der Waals surface area contributed by atoms with E-state index in [2.05, 4.69) is 4.74 Å². The standard InChI is InChI=1S/C10H19NO6S/c1-4-5-6-8(9(12)13)11-18(15,16)7(2)10(14)17-3/h7-8,11H,4-6H2,1-3H3,(H,12,13). The predicted molar refractivity (Wildman–Crippen MR) is 64.5 cm³/mol. The van der Waals surface area contributed by atoms with Gasteiger partial charge in [-0.3, -0.25) is 9.59 Å². The summed E-state index contributed by atoms with van der Waals surface area (Å²) in [5, 5.41) is 7.46. The summed E-state index contributed by atoms with van der Waals surface area (Å²) in [7, 11) is -2.98.